The van der Waals surface area contributed by atoms with Gasteiger partial charge in [0.15, 0.2) is 0 Å². The van der Waals surface area contributed by atoms with Crippen molar-refractivity contribution in [2.75, 3.05) is 6.54 Å². The summed E-state index contributed by atoms with van der Waals surface area (Å²) < 4.78 is 1.85. The van der Waals surface area contributed by atoms with Crippen molar-refractivity contribution in [2.45, 2.75) is 25.4 Å². The van der Waals surface area contributed by atoms with Gasteiger partial charge in [0.2, 0.25) is 0 Å². The Bertz CT molecular complexity index is 880. The molecule has 1 atom stereocenters. The Balaban J connectivity index is 1.89. The van der Waals surface area contributed by atoms with Gasteiger partial charge in [-0.2, -0.15) is 0 Å². The fourth-order valence-electron chi connectivity index (χ4n) is 3.28. The standard InChI is InChI=1S/C19H19N3O/c23-19-18(16-10-6-12-20-16)21-15-9-4-5-11-17(15)22(19)13-14-7-2-1-3-8-14/h1-5,7-9,11,16,20H,6,10,12-13H2. The van der Waals surface area contributed by atoms with Crippen molar-refractivity contribution in [3.05, 3.63) is 76.2 Å². The van der Waals surface area contributed by atoms with Crippen LogP contribution >= 0.6 is 0 Å². The topological polar surface area (TPSA) is 46.9 Å². The van der Waals surface area contributed by atoms with Crippen LogP contribution in [-0.4, -0.2) is 16.1 Å². The molecule has 4 rings (SSSR count). The van der Waals surface area contributed by atoms with E-state index in [1.807, 2.05) is 47.0 Å². The molecule has 0 spiro atoms. The van der Waals surface area contributed by atoms with Crippen LogP contribution < -0.4 is 10.9 Å². The average molecular weight is 305 g/mol. The molecular weight excluding hydrogens is 286 g/mol. The van der Waals surface area contributed by atoms with Gasteiger partial charge in [-0.3, -0.25) is 4.79 Å². The maximum atomic E-state index is 13.0. The quantitative estimate of drug-likeness (QED) is 0.809. The van der Waals surface area contributed by atoms with Crippen molar-refractivity contribution in [1.29, 1.82) is 0 Å². The number of aromatic nitrogens is 2. The molecule has 0 radical (unpaired) electrons. The van der Waals surface area contributed by atoms with Crippen LogP contribution in [0.4, 0.5) is 0 Å². The van der Waals surface area contributed by atoms with E-state index in [9.17, 15) is 4.79 Å². The predicted molar refractivity (Wildman–Crippen MR) is 91.5 cm³/mol. The molecule has 4 nitrogen and oxygen atoms in total. The van der Waals surface area contributed by atoms with Gasteiger partial charge in [-0.05, 0) is 37.1 Å². The first-order valence-electron chi connectivity index (χ1n) is 8.10. The number of rotatable bonds is 3. The van der Waals surface area contributed by atoms with E-state index in [0.29, 0.717) is 12.2 Å². The van der Waals surface area contributed by atoms with Crippen molar-refractivity contribution >= 4 is 11.0 Å². The van der Waals surface area contributed by atoms with Crippen LogP contribution in [0.25, 0.3) is 11.0 Å². The molecule has 1 saturated heterocycles. The molecule has 1 unspecified atom stereocenters. The minimum Gasteiger partial charge on any atom is -0.308 e. The lowest BCUT2D eigenvalue weighted by Gasteiger charge is -2.15. The maximum Gasteiger partial charge on any atom is 0.274 e. The Morgan fingerprint density at radius 2 is 1.87 bits per heavy atom. The van der Waals surface area contributed by atoms with Crippen LogP contribution in [0.1, 0.15) is 30.1 Å². The van der Waals surface area contributed by atoms with Crippen LogP contribution in [0.2, 0.25) is 0 Å². The lowest BCUT2D eigenvalue weighted by molar-refractivity contribution is 0.607. The summed E-state index contributed by atoms with van der Waals surface area (Å²) in [5, 5.41) is 3.39. The van der Waals surface area contributed by atoms with Crippen LogP contribution in [-0.2, 0) is 6.54 Å². The van der Waals surface area contributed by atoms with Gasteiger partial charge < -0.3 is 9.88 Å². The van der Waals surface area contributed by atoms with E-state index in [2.05, 4.69) is 22.4 Å². The predicted octanol–water partition coefficient (Wildman–Crippen LogP) is 2.87. The summed E-state index contributed by atoms with van der Waals surface area (Å²) >= 11 is 0. The number of fused-ring (bicyclic) bond motifs is 1. The first-order valence-corrected chi connectivity index (χ1v) is 8.10. The lowest BCUT2D eigenvalue weighted by Crippen LogP contribution is -2.30. The van der Waals surface area contributed by atoms with Crippen molar-refractivity contribution in [3.8, 4) is 0 Å². The Morgan fingerprint density at radius 1 is 1.09 bits per heavy atom. The van der Waals surface area contributed by atoms with Crippen molar-refractivity contribution in [2.24, 2.45) is 0 Å². The van der Waals surface area contributed by atoms with Gasteiger partial charge in [-0.1, -0.05) is 42.5 Å². The van der Waals surface area contributed by atoms with Gasteiger partial charge in [0.1, 0.15) is 5.69 Å². The van der Waals surface area contributed by atoms with E-state index >= 15 is 0 Å². The largest absolute Gasteiger partial charge is 0.308 e. The van der Waals surface area contributed by atoms with E-state index in [0.717, 1.165) is 36.0 Å². The monoisotopic (exact) mass is 305 g/mol. The zero-order valence-corrected chi connectivity index (χ0v) is 12.9. The molecule has 4 heteroatoms. The SMILES string of the molecule is O=c1c(C2CCCN2)nc2ccccc2n1Cc1ccccc1. The number of hydrogen-bond acceptors (Lipinski definition) is 3. The van der Waals surface area contributed by atoms with Gasteiger partial charge in [0.05, 0.1) is 23.6 Å². The summed E-state index contributed by atoms with van der Waals surface area (Å²) in [6.07, 6.45) is 2.07. The van der Waals surface area contributed by atoms with E-state index < -0.39 is 0 Å². The summed E-state index contributed by atoms with van der Waals surface area (Å²) in [5.41, 5.74) is 3.56. The zero-order valence-electron chi connectivity index (χ0n) is 12.9. The Kier molecular flexibility index (Phi) is 3.67. The zero-order chi connectivity index (χ0) is 15.6. The van der Waals surface area contributed by atoms with E-state index in [1.165, 1.54) is 0 Å². The number of nitrogens with one attached hydrogen (secondary N) is 1. The highest BCUT2D eigenvalue weighted by atomic mass is 16.1. The van der Waals surface area contributed by atoms with Gasteiger partial charge in [0, 0.05) is 0 Å². The molecule has 1 aliphatic heterocycles. The fourth-order valence-corrected chi connectivity index (χ4v) is 3.28. The van der Waals surface area contributed by atoms with Crippen molar-refractivity contribution in [3.63, 3.8) is 0 Å². The highest BCUT2D eigenvalue weighted by Crippen LogP contribution is 2.21. The fraction of sp³-hybridized carbons (Fsp3) is 0.263. The summed E-state index contributed by atoms with van der Waals surface area (Å²) in [7, 11) is 0. The molecule has 3 aromatic rings. The molecule has 0 aliphatic carbocycles. The number of para-hydroxylation sites is 2. The van der Waals surface area contributed by atoms with E-state index in [-0.39, 0.29) is 11.6 Å². The van der Waals surface area contributed by atoms with Crippen molar-refractivity contribution in [1.82, 2.24) is 14.9 Å². The summed E-state index contributed by atoms with van der Waals surface area (Å²) in [6, 6.07) is 18.1. The smallest absolute Gasteiger partial charge is 0.274 e. The van der Waals surface area contributed by atoms with Crippen LogP contribution in [0.3, 0.4) is 0 Å². The molecule has 1 aromatic heterocycles. The first-order chi connectivity index (χ1) is 11.3. The van der Waals surface area contributed by atoms with Crippen LogP contribution in [0, 0.1) is 0 Å². The first kappa shape index (κ1) is 14.2. The molecular formula is C19H19N3O. The van der Waals surface area contributed by atoms with Gasteiger partial charge in [-0.15, -0.1) is 0 Å². The van der Waals surface area contributed by atoms with Gasteiger partial charge in [0.25, 0.3) is 5.56 Å². The molecule has 116 valence electrons. The third kappa shape index (κ3) is 2.66. The minimum atomic E-state index is 0.0203. The third-order valence-corrected chi connectivity index (χ3v) is 4.45. The molecule has 0 bridgehead atoms. The Morgan fingerprint density at radius 3 is 2.65 bits per heavy atom. The van der Waals surface area contributed by atoms with Crippen molar-refractivity contribution < 1.29 is 0 Å². The summed E-state index contributed by atoms with van der Waals surface area (Å²) in [4.78, 5) is 17.7. The Hall–Kier alpha value is -2.46. The number of hydrogen-bond donors (Lipinski definition) is 1. The molecule has 1 N–H and O–H groups in total. The van der Waals surface area contributed by atoms with Gasteiger partial charge in [-0.25, -0.2) is 4.98 Å². The van der Waals surface area contributed by atoms with E-state index in [1.54, 1.807) is 0 Å². The van der Waals surface area contributed by atoms with Gasteiger partial charge >= 0.3 is 0 Å². The average Bonchev–Trinajstić information content (AvgIpc) is 3.12. The third-order valence-electron chi connectivity index (χ3n) is 4.45. The minimum absolute atomic E-state index is 0.0203. The van der Waals surface area contributed by atoms with E-state index in [4.69, 9.17) is 0 Å². The number of benzene rings is 2. The van der Waals surface area contributed by atoms with Crippen LogP contribution in [0.15, 0.2) is 59.4 Å². The maximum absolute atomic E-state index is 13.0. The second-order valence-electron chi connectivity index (χ2n) is 6.01. The molecule has 1 fully saturated rings. The molecule has 0 amide bonds. The second-order valence-corrected chi connectivity index (χ2v) is 6.01. The number of nitrogens with zero attached hydrogens (tertiary/aromatic N) is 2. The molecule has 1 aliphatic rings. The lowest BCUT2D eigenvalue weighted by atomic mass is 10.1. The summed E-state index contributed by atoms with van der Waals surface area (Å²) in [6.45, 7) is 1.53. The highest BCUT2D eigenvalue weighted by molar-refractivity contribution is 5.74. The Labute approximate surface area is 134 Å². The highest BCUT2D eigenvalue weighted by Gasteiger charge is 2.22. The molecule has 2 aromatic carbocycles. The molecule has 0 saturated carbocycles. The molecule has 23 heavy (non-hydrogen) atoms. The molecule has 2 heterocycles. The van der Waals surface area contributed by atoms with Crippen LogP contribution in [0.5, 0.6) is 0 Å². The summed E-state index contributed by atoms with van der Waals surface area (Å²) in [5.74, 6) is 0. The normalized spacial score (nSPS) is 17.7. The second kappa shape index (κ2) is 5.97.